The highest BCUT2D eigenvalue weighted by Crippen LogP contribution is 2.26. The van der Waals surface area contributed by atoms with Crippen molar-refractivity contribution in [1.29, 1.82) is 0 Å². The van der Waals surface area contributed by atoms with Crippen molar-refractivity contribution in [2.45, 2.75) is 45.7 Å². The van der Waals surface area contributed by atoms with Crippen molar-refractivity contribution in [2.24, 2.45) is 0 Å². The minimum absolute atomic E-state index is 0.174. The van der Waals surface area contributed by atoms with Crippen molar-refractivity contribution in [3.63, 3.8) is 0 Å². The summed E-state index contributed by atoms with van der Waals surface area (Å²) in [5, 5.41) is 7.11. The summed E-state index contributed by atoms with van der Waals surface area (Å²) in [6.07, 6.45) is 1.42. The summed E-state index contributed by atoms with van der Waals surface area (Å²) in [4.78, 5) is 17.3. The molecule has 1 aromatic heterocycles. The number of likely N-dealkylation sites (tertiary alicyclic amines) is 1. The van der Waals surface area contributed by atoms with E-state index < -0.39 is 0 Å². The third kappa shape index (κ3) is 4.10. The fourth-order valence-corrected chi connectivity index (χ4v) is 3.78. The summed E-state index contributed by atoms with van der Waals surface area (Å²) in [7, 11) is 0. The lowest BCUT2D eigenvalue weighted by Gasteiger charge is -2.29. The molecule has 1 N–H and O–H groups in total. The first-order valence-electron chi connectivity index (χ1n) is 9.17. The lowest BCUT2D eigenvalue weighted by Crippen LogP contribution is -2.42. The Morgan fingerprint density at radius 3 is 2.80 bits per heavy atom. The minimum atomic E-state index is 0.174. The third-order valence-electron chi connectivity index (χ3n) is 5.22. The molecule has 25 heavy (non-hydrogen) atoms. The van der Waals surface area contributed by atoms with Crippen LogP contribution in [0, 0.1) is 6.92 Å². The van der Waals surface area contributed by atoms with Gasteiger partial charge in [-0.3, -0.25) is 14.8 Å². The predicted octanol–water partition coefficient (Wildman–Crippen LogP) is 2.94. The maximum Gasteiger partial charge on any atom is 0.228 e. The number of benzene rings is 1. The standard InChI is InChI=1S/C20H28N4O/c1-4-24(20(25)13-18-12-15(2)21-22-18)19-10-11-23(14-19)16(3)17-8-6-5-7-9-17/h5-9,12,16,19H,4,10-11,13-14H2,1-3H3,(H,21,22)/t16-,19+/m0/s1. The quantitative estimate of drug-likeness (QED) is 0.880. The Kier molecular flexibility index (Phi) is 5.53. The zero-order chi connectivity index (χ0) is 17.8. The molecule has 5 heteroatoms. The molecule has 0 spiro atoms. The number of carbonyl (C=O) groups excluding carboxylic acids is 1. The van der Waals surface area contributed by atoms with Crippen LogP contribution in [0.5, 0.6) is 0 Å². The van der Waals surface area contributed by atoms with E-state index in [1.165, 1.54) is 5.56 Å². The topological polar surface area (TPSA) is 52.2 Å². The molecule has 0 bridgehead atoms. The van der Waals surface area contributed by atoms with Gasteiger partial charge >= 0.3 is 0 Å². The predicted molar refractivity (Wildman–Crippen MR) is 99.3 cm³/mol. The maximum atomic E-state index is 12.7. The zero-order valence-corrected chi connectivity index (χ0v) is 15.4. The smallest absolute Gasteiger partial charge is 0.228 e. The van der Waals surface area contributed by atoms with Crippen LogP contribution in [0.3, 0.4) is 0 Å². The van der Waals surface area contributed by atoms with Crippen LogP contribution in [0.15, 0.2) is 36.4 Å². The Morgan fingerprint density at radius 1 is 1.40 bits per heavy atom. The Morgan fingerprint density at radius 2 is 2.16 bits per heavy atom. The highest BCUT2D eigenvalue weighted by molar-refractivity contribution is 5.78. The number of aromatic nitrogens is 2. The van der Waals surface area contributed by atoms with Gasteiger partial charge in [0.1, 0.15) is 0 Å². The second-order valence-corrected chi connectivity index (χ2v) is 6.92. The van der Waals surface area contributed by atoms with Crippen LogP contribution in [-0.2, 0) is 11.2 Å². The molecule has 0 radical (unpaired) electrons. The monoisotopic (exact) mass is 340 g/mol. The molecule has 0 saturated carbocycles. The number of nitrogens with zero attached hydrogens (tertiary/aromatic N) is 3. The highest BCUT2D eigenvalue weighted by atomic mass is 16.2. The van der Waals surface area contributed by atoms with Gasteiger partial charge in [0.05, 0.1) is 12.1 Å². The molecule has 1 amide bonds. The summed E-state index contributed by atoms with van der Waals surface area (Å²) >= 11 is 0. The SMILES string of the molecule is CCN(C(=O)Cc1cc(C)[nH]n1)[C@@H]1CCN([C@@H](C)c2ccccc2)C1. The first kappa shape index (κ1) is 17.7. The third-order valence-corrected chi connectivity index (χ3v) is 5.22. The minimum Gasteiger partial charge on any atom is -0.338 e. The molecule has 3 rings (SSSR count). The van der Waals surface area contributed by atoms with Gasteiger partial charge in [-0.25, -0.2) is 0 Å². The summed E-state index contributed by atoms with van der Waals surface area (Å²) < 4.78 is 0. The van der Waals surface area contributed by atoms with Gasteiger partial charge in [-0.15, -0.1) is 0 Å². The second kappa shape index (κ2) is 7.83. The van der Waals surface area contributed by atoms with E-state index in [9.17, 15) is 4.79 Å². The number of amides is 1. The van der Waals surface area contributed by atoms with Crippen LogP contribution >= 0.6 is 0 Å². The second-order valence-electron chi connectivity index (χ2n) is 6.92. The fourth-order valence-electron chi connectivity index (χ4n) is 3.78. The first-order valence-corrected chi connectivity index (χ1v) is 9.17. The summed E-state index contributed by atoms with van der Waals surface area (Å²) in [6.45, 7) is 9.00. The molecule has 2 atom stereocenters. The van der Waals surface area contributed by atoms with Crippen molar-refractivity contribution in [1.82, 2.24) is 20.0 Å². The number of aryl methyl sites for hydroxylation is 1. The average Bonchev–Trinajstić information content (AvgIpc) is 3.25. The van der Waals surface area contributed by atoms with Gasteiger partial charge in [0.15, 0.2) is 0 Å². The van der Waals surface area contributed by atoms with E-state index in [-0.39, 0.29) is 5.91 Å². The van der Waals surface area contributed by atoms with Gasteiger partial charge in [-0.1, -0.05) is 30.3 Å². The zero-order valence-electron chi connectivity index (χ0n) is 15.4. The summed E-state index contributed by atoms with van der Waals surface area (Å²) in [6, 6.07) is 13.2. The molecule has 2 heterocycles. The normalized spacial score (nSPS) is 19.1. The van der Waals surface area contributed by atoms with E-state index in [0.29, 0.717) is 18.5 Å². The Balaban J connectivity index is 1.61. The number of carbonyl (C=O) groups is 1. The molecular formula is C20H28N4O. The number of aromatic amines is 1. The maximum absolute atomic E-state index is 12.7. The van der Waals surface area contributed by atoms with Crippen molar-refractivity contribution in [2.75, 3.05) is 19.6 Å². The van der Waals surface area contributed by atoms with Gasteiger partial charge in [-0.2, -0.15) is 5.10 Å². The number of H-pyrrole nitrogens is 1. The molecule has 0 unspecified atom stereocenters. The van der Waals surface area contributed by atoms with Crippen LogP contribution in [0.4, 0.5) is 0 Å². The highest BCUT2D eigenvalue weighted by Gasteiger charge is 2.32. The Bertz CT molecular complexity index is 697. The molecule has 1 fully saturated rings. The van der Waals surface area contributed by atoms with Gasteiger partial charge in [0.25, 0.3) is 0 Å². The number of nitrogens with one attached hydrogen (secondary N) is 1. The van der Waals surface area contributed by atoms with E-state index in [4.69, 9.17) is 0 Å². The van der Waals surface area contributed by atoms with Crippen molar-refractivity contribution in [3.8, 4) is 0 Å². The number of rotatable bonds is 6. The van der Waals surface area contributed by atoms with Gasteiger partial charge in [-0.05, 0) is 38.8 Å². The van der Waals surface area contributed by atoms with Gasteiger partial charge in [0, 0.05) is 37.4 Å². The Hall–Kier alpha value is -2.14. The van der Waals surface area contributed by atoms with E-state index in [1.54, 1.807) is 0 Å². The summed E-state index contributed by atoms with van der Waals surface area (Å²) in [5.41, 5.74) is 3.16. The molecular weight excluding hydrogens is 312 g/mol. The lowest BCUT2D eigenvalue weighted by atomic mass is 10.1. The van der Waals surface area contributed by atoms with Crippen molar-refractivity contribution in [3.05, 3.63) is 53.3 Å². The van der Waals surface area contributed by atoms with Gasteiger partial charge in [0.2, 0.25) is 5.91 Å². The van der Waals surface area contributed by atoms with Crippen LogP contribution in [0.1, 0.15) is 43.3 Å². The molecule has 2 aromatic rings. The molecule has 1 aromatic carbocycles. The van der Waals surface area contributed by atoms with Crippen molar-refractivity contribution < 1.29 is 4.79 Å². The van der Waals surface area contributed by atoms with Gasteiger partial charge < -0.3 is 4.90 Å². The molecule has 134 valence electrons. The summed E-state index contributed by atoms with van der Waals surface area (Å²) in [5.74, 6) is 0.174. The number of hydrogen-bond donors (Lipinski definition) is 1. The number of likely N-dealkylation sites (N-methyl/N-ethyl adjacent to an activating group) is 1. The molecule has 1 aliphatic heterocycles. The van der Waals surface area contributed by atoms with Crippen LogP contribution < -0.4 is 0 Å². The molecule has 1 saturated heterocycles. The average molecular weight is 340 g/mol. The van der Waals surface area contributed by atoms with E-state index in [1.807, 2.05) is 17.9 Å². The van der Waals surface area contributed by atoms with E-state index in [0.717, 1.165) is 37.4 Å². The Labute approximate surface area is 150 Å². The fraction of sp³-hybridized carbons (Fsp3) is 0.500. The van der Waals surface area contributed by atoms with Crippen molar-refractivity contribution >= 4 is 5.91 Å². The molecule has 0 aliphatic carbocycles. The number of hydrogen-bond acceptors (Lipinski definition) is 3. The van der Waals surface area contributed by atoms with E-state index in [2.05, 4.69) is 59.3 Å². The molecule has 5 nitrogen and oxygen atoms in total. The van der Waals surface area contributed by atoms with Crippen LogP contribution in [0.2, 0.25) is 0 Å². The van der Waals surface area contributed by atoms with E-state index >= 15 is 0 Å². The largest absolute Gasteiger partial charge is 0.338 e. The lowest BCUT2D eigenvalue weighted by molar-refractivity contribution is -0.132. The van der Waals surface area contributed by atoms with Crippen LogP contribution in [-0.4, -0.2) is 51.6 Å². The first-order chi connectivity index (χ1) is 12.1. The van der Waals surface area contributed by atoms with Crippen LogP contribution in [0.25, 0.3) is 0 Å². The molecule has 1 aliphatic rings.